The summed E-state index contributed by atoms with van der Waals surface area (Å²) in [5, 5.41) is 88.8. The topological polar surface area (TPSA) is 298 Å². The van der Waals surface area contributed by atoms with E-state index in [1.165, 1.54) is 6.07 Å². The monoisotopic (exact) mass is 1320 g/mol. The predicted molar refractivity (Wildman–Crippen MR) is 360 cm³/mol. The van der Waals surface area contributed by atoms with Gasteiger partial charge in [-0.3, -0.25) is 14.4 Å². The molecule has 17 aliphatic rings. The van der Waals surface area contributed by atoms with Gasteiger partial charge >= 0.3 is 0 Å². The van der Waals surface area contributed by atoms with Crippen molar-refractivity contribution in [1.29, 1.82) is 0 Å². The number of anilines is 1. The van der Waals surface area contributed by atoms with Crippen LogP contribution in [0.2, 0.25) is 0 Å². The third-order valence-electron chi connectivity index (χ3n) is 29.2. The van der Waals surface area contributed by atoms with E-state index in [-0.39, 0.29) is 69.7 Å². The third-order valence-corrected chi connectivity index (χ3v) is 29.2. The maximum Gasteiger partial charge on any atom is 0.261 e. The lowest BCUT2D eigenvalue weighted by molar-refractivity contribution is -0.366. The van der Waals surface area contributed by atoms with E-state index in [2.05, 4.69) is 56.7 Å². The highest BCUT2D eigenvalue weighted by Gasteiger charge is 2.78. The van der Waals surface area contributed by atoms with Gasteiger partial charge in [-0.25, -0.2) is 9.97 Å². The van der Waals surface area contributed by atoms with Crippen molar-refractivity contribution < 1.29 is 54.5 Å². The highest BCUT2D eigenvalue weighted by Crippen LogP contribution is 2.78. The number of rotatable bonds is 2. The zero-order valence-corrected chi connectivity index (χ0v) is 55.0. The molecule has 6 aromatic rings. The molecular formula is C80H81N7O11. The number of nitrogens with two attached hydrogens (primary N) is 1. The van der Waals surface area contributed by atoms with Crippen molar-refractivity contribution in [1.82, 2.24) is 25.3 Å². The average molecular weight is 1320 g/mol. The summed E-state index contributed by atoms with van der Waals surface area (Å²) in [4.78, 5) is 64.2. The number of fused-ring (bicyclic) bond motifs is 10. The van der Waals surface area contributed by atoms with E-state index in [1.807, 2.05) is 12.5 Å². The highest BCUT2D eigenvalue weighted by atomic mass is 16.7. The van der Waals surface area contributed by atoms with Crippen molar-refractivity contribution in [3.8, 4) is 23.3 Å². The molecule has 17 atom stereocenters. The van der Waals surface area contributed by atoms with Crippen molar-refractivity contribution in [3.05, 3.63) is 157 Å². The average Bonchev–Trinajstić information content (AvgIpc) is 1.40. The number of ketones is 3. The van der Waals surface area contributed by atoms with Gasteiger partial charge in [-0.05, 0) is 213 Å². The van der Waals surface area contributed by atoms with Gasteiger partial charge in [0, 0.05) is 93.6 Å². The summed E-state index contributed by atoms with van der Waals surface area (Å²) in [6, 6.07) is 12.8. The van der Waals surface area contributed by atoms with Crippen LogP contribution < -0.4 is 21.1 Å². The number of hydrogen-bond acceptors (Lipinski definition) is 16. The number of aliphatic hydroxyl groups excluding tert-OH is 5. The SMILES string of the molecule is Cc1cc(O)c2c(c1)C(=O)c1c(c3cc4c(nccc14)NC[C@@H](O)[C@@]14CC[C@H]5C#CC[C@]67CCC[C@@H]8C[C@]9(CCC(=O)C[C@@H]9Cc9ccc%10c(c9)C=CN[C@@H]%10N)c9nc[nH]c9[C@@]86c6[nH]c(c(c6CC7)[C@H]51)C1=C[C@@]5(O3)O[C@@]3(C1=C4C[C@@]1(CCC4(CCCC4)C1)[C@@H]3O)[C@@H](O)[C@H](O)[C@H]5O)C2=O. The second-order valence-electron chi connectivity index (χ2n) is 33.2. The summed E-state index contributed by atoms with van der Waals surface area (Å²) >= 11 is 0. The molecule has 12 bridgehead atoms. The van der Waals surface area contributed by atoms with Crippen LogP contribution in [0.3, 0.4) is 0 Å². The number of aliphatic hydroxyl groups is 5. The maximum atomic E-state index is 15.7. The van der Waals surface area contributed by atoms with Crippen LogP contribution in [-0.2, 0) is 33.2 Å². The van der Waals surface area contributed by atoms with E-state index in [0.29, 0.717) is 110 Å². The molecule has 12 N–H and O–H groups in total. The predicted octanol–water partition coefficient (Wildman–Crippen LogP) is 9.38. The largest absolute Gasteiger partial charge is 0.507 e. The van der Waals surface area contributed by atoms with Crippen molar-refractivity contribution >= 4 is 45.6 Å². The van der Waals surface area contributed by atoms with Gasteiger partial charge in [0.15, 0.2) is 17.5 Å². The molecule has 23 rings (SSSR count). The molecule has 502 valence electrons. The minimum Gasteiger partial charge on any atom is -0.507 e. The van der Waals surface area contributed by atoms with Gasteiger partial charge in [-0.1, -0.05) is 49.0 Å². The number of ether oxygens (including phenoxy) is 2. The Hall–Kier alpha value is -7.73. The number of imidazole rings is 1. The zero-order chi connectivity index (χ0) is 66.3. The van der Waals surface area contributed by atoms with Gasteiger partial charge in [0.1, 0.15) is 41.5 Å². The van der Waals surface area contributed by atoms with Gasteiger partial charge in [0.25, 0.3) is 5.79 Å². The highest BCUT2D eigenvalue weighted by molar-refractivity contribution is 6.34. The Labute approximate surface area is 566 Å². The lowest BCUT2D eigenvalue weighted by Gasteiger charge is -2.65. The first-order valence-corrected chi connectivity index (χ1v) is 36.3. The fourth-order valence-electron chi connectivity index (χ4n) is 25.4. The molecule has 6 fully saturated rings. The normalized spacial score (nSPS) is 39.4. The van der Waals surface area contributed by atoms with E-state index in [9.17, 15) is 35.4 Å². The lowest BCUT2D eigenvalue weighted by Crippen LogP contribution is -2.79. The van der Waals surface area contributed by atoms with E-state index in [1.54, 1.807) is 37.4 Å². The maximum absolute atomic E-state index is 15.7. The molecule has 8 heterocycles. The number of aromatic amines is 2. The van der Waals surface area contributed by atoms with Crippen molar-refractivity contribution in [2.45, 2.75) is 207 Å². The van der Waals surface area contributed by atoms with Gasteiger partial charge < -0.3 is 66.4 Å². The molecule has 18 nitrogen and oxygen atoms in total. The lowest BCUT2D eigenvalue weighted by atomic mass is 9.38. The Bertz CT molecular complexity index is 4850. The van der Waals surface area contributed by atoms with Crippen LogP contribution in [0, 0.1) is 58.2 Å². The molecular weight excluding hydrogens is 1230 g/mol. The third kappa shape index (κ3) is 6.94. The number of pyridine rings is 1. The number of phenols is 1. The first kappa shape index (κ1) is 59.2. The van der Waals surface area contributed by atoms with E-state index >= 15 is 9.59 Å². The summed E-state index contributed by atoms with van der Waals surface area (Å²) in [6.45, 7) is 1.68. The van der Waals surface area contributed by atoms with Crippen LogP contribution in [0.5, 0.6) is 11.5 Å². The molecule has 0 unspecified atom stereocenters. The Kier molecular flexibility index (Phi) is 11.7. The number of benzene rings is 3. The quantitative estimate of drug-likeness (QED) is 0.0719. The van der Waals surface area contributed by atoms with Crippen LogP contribution in [0.15, 0.2) is 78.4 Å². The summed E-state index contributed by atoms with van der Waals surface area (Å²) < 4.78 is 15.3. The molecule has 5 saturated carbocycles. The van der Waals surface area contributed by atoms with Crippen molar-refractivity contribution in [2.75, 3.05) is 11.9 Å². The molecule has 3 aromatic carbocycles. The molecule has 3 aromatic heterocycles. The van der Waals surface area contributed by atoms with Crippen LogP contribution in [0.1, 0.15) is 222 Å². The molecule has 0 amide bonds. The first-order chi connectivity index (χ1) is 47.3. The van der Waals surface area contributed by atoms with Crippen LogP contribution in [0.25, 0.3) is 22.4 Å². The minimum atomic E-state index is -2.54. The molecule has 12 aliphatic carbocycles. The number of aromatic hydroxyl groups is 1. The fourth-order valence-corrected chi connectivity index (χ4v) is 25.4. The minimum absolute atomic E-state index is 0.00236. The number of nitrogens with one attached hydrogen (secondary N) is 4. The second kappa shape index (κ2) is 19.4. The van der Waals surface area contributed by atoms with Crippen LogP contribution in [0.4, 0.5) is 5.82 Å². The zero-order valence-electron chi connectivity index (χ0n) is 55.0. The molecule has 1 saturated heterocycles. The number of H-pyrrole nitrogens is 2. The van der Waals surface area contributed by atoms with Crippen LogP contribution in [-0.4, -0.2) is 116 Å². The summed E-state index contributed by atoms with van der Waals surface area (Å²) in [5.74, 6) is 3.38. The number of aryl methyl sites for hydroxylation is 1. The Morgan fingerprint density at radius 2 is 1.71 bits per heavy atom. The summed E-state index contributed by atoms with van der Waals surface area (Å²) in [6.07, 6.45) is 15.4. The Balaban J connectivity index is 0.847. The molecule has 18 heteroatoms. The Morgan fingerprint density at radius 1 is 0.847 bits per heavy atom. The number of nitrogens with zero attached hydrogens (tertiary/aromatic N) is 2. The molecule has 5 aliphatic heterocycles. The molecule has 98 heavy (non-hydrogen) atoms. The number of carbonyl (C=O) groups excluding carboxylic acids is 3. The summed E-state index contributed by atoms with van der Waals surface area (Å²) in [5.41, 5.74) is 11.5. The van der Waals surface area contributed by atoms with Gasteiger partial charge in [0.2, 0.25) is 5.78 Å². The van der Waals surface area contributed by atoms with Crippen LogP contribution >= 0.6 is 0 Å². The summed E-state index contributed by atoms with van der Waals surface area (Å²) in [7, 11) is 0. The van der Waals surface area contributed by atoms with Crippen molar-refractivity contribution in [2.24, 2.45) is 45.1 Å². The van der Waals surface area contributed by atoms with Crippen molar-refractivity contribution in [3.63, 3.8) is 0 Å². The number of carbonyl (C=O) groups is 3. The van der Waals surface area contributed by atoms with Gasteiger partial charge in [-0.2, -0.15) is 0 Å². The first-order valence-electron chi connectivity index (χ1n) is 36.3. The number of aromatic nitrogens is 4. The Morgan fingerprint density at radius 3 is 2.58 bits per heavy atom. The fraction of sp³-hybridized carbons (Fsp3) is 0.512. The number of phenolic OH excluding ortho intramolecular Hbond substituents is 1. The second-order valence-corrected chi connectivity index (χ2v) is 33.2. The van der Waals surface area contributed by atoms with Gasteiger partial charge in [-0.15, -0.1) is 5.92 Å². The van der Waals surface area contributed by atoms with E-state index in [0.717, 1.165) is 115 Å². The smallest absolute Gasteiger partial charge is 0.261 e. The number of hydrogen-bond donors (Lipinski definition) is 11. The number of Topliss-reactive ketones (excluding diaryl/α,β-unsaturated/α-hetero) is 1. The van der Waals surface area contributed by atoms with E-state index in [4.69, 9.17) is 25.2 Å². The standard InChI is InChI=1S/C80H81N7O11/c1-38-26-49-55(52(89)27-38)63(92)58-53-31-48-46(56(58)62(49)91)14-25-83-71(48)84-35-54(90)77-21-10-40-6-4-17-75-18-5-7-42-32-76(20-11-44(88)30-43(76)29-39-8-9-45-41(28-39)13-24-82-70(45)81)66-67(86-37-85-66)79(42,75)65-47(12-19-75)57(59(40)77)61(87-65)50-33-78(97-53)68(94)64(93)69(95)80(98-78)60(50)51(77)34-74(72(80)96)23-22-73(36-74)15-2-3-16-73/h8-9,13-14,24-28,31,33,37,40,42-43,54,59,64,68-70,72,82,87,89-90,93-96H,2-3,5,7,10-12,15-23,29-30,32,34-36,81H2,1H3,(H,83,84)(H,85,86)/t40-,42-,43+,54-,59+,64-,68-,69+,70+,72+,74-,75-,76+,77+,78-,79+,80+/m1/s1. The molecule has 0 radical (unpaired) electrons. The van der Waals surface area contributed by atoms with E-state index < -0.39 is 92.2 Å². The molecule has 8 spiro atoms. The van der Waals surface area contributed by atoms with Gasteiger partial charge in [0.05, 0.1) is 46.5 Å².